The van der Waals surface area contributed by atoms with E-state index in [4.69, 9.17) is 4.74 Å². The zero-order chi connectivity index (χ0) is 21.2. The number of allylic oxidation sites excluding steroid dienone is 3. The smallest absolute Gasteiger partial charge is 0.121 e. The molecule has 0 heterocycles. The van der Waals surface area contributed by atoms with Crippen molar-refractivity contribution in [3.05, 3.63) is 58.4 Å². The highest BCUT2D eigenvalue weighted by molar-refractivity contribution is 5.48. The predicted octanol–water partition coefficient (Wildman–Crippen LogP) is 8.14. The lowest BCUT2D eigenvalue weighted by molar-refractivity contribution is 0.158. The lowest BCUT2D eigenvalue weighted by Crippen LogP contribution is -2.25. The van der Waals surface area contributed by atoms with Crippen molar-refractivity contribution in [2.24, 2.45) is 0 Å². The van der Waals surface area contributed by atoms with Crippen LogP contribution >= 0.6 is 0 Å². The van der Waals surface area contributed by atoms with Crippen LogP contribution in [0.25, 0.3) is 0 Å². The van der Waals surface area contributed by atoms with E-state index in [0.717, 1.165) is 5.57 Å². The first-order valence-corrected chi connectivity index (χ1v) is 10.2. The van der Waals surface area contributed by atoms with Crippen LogP contribution in [0.4, 0.5) is 0 Å². The van der Waals surface area contributed by atoms with Crippen molar-refractivity contribution in [3.8, 4) is 0 Å². The Labute approximate surface area is 168 Å². The molecule has 0 N–H and O–H groups in total. The molecule has 0 saturated carbocycles. The Morgan fingerprint density at radius 2 is 1.30 bits per heavy atom. The molecule has 27 heavy (non-hydrogen) atoms. The van der Waals surface area contributed by atoms with Gasteiger partial charge in [-0.15, -0.1) is 0 Å². The Morgan fingerprint density at radius 3 is 1.63 bits per heavy atom. The lowest BCUT2D eigenvalue weighted by atomic mass is 9.71. The van der Waals surface area contributed by atoms with Crippen LogP contribution in [-0.4, -0.2) is 0 Å². The van der Waals surface area contributed by atoms with Gasteiger partial charge < -0.3 is 4.74 Å². The van der Waals surface area contributed by atoms with Gasteiger partial charge in [-0.3, -0.25) is 0 Å². The first kappa shape index (κ1) is 23.5. The number of benzene rings is 1. The maximum atomic E-state index is 6.23. The molecule has 0 unspecified atom stereocenters. The molecule has 0 amide bonds. The van der Waals surface area contributed by atoms with E-state index in [1.54, 1.807) is 0 Å². The molecule has 0 aliphatic heterocycles. The fourth-order valence-electron chi connectivity index (χ4n) is 3.34. The Kier molecular flexibility index (Phi) is 7.19. The molecule has 1 aromatic carbocycles. The quantitative estimate of drug-likeness (QED) is 0.384. The van der Waals surface area contributed by atoms with Crippen LogP contribution in [0.15, 0.2) is 36.1 Å². The summed E-state index contributed by atoms with van der Waals surface area (Å²) in [6.07, 6.45) is 6.01. The topological polar surface area (TPSA) is 9.23 Å². The largest absolute Gasteiger partial charge is 0.493 e. The minimum atomic E-state index is 0.00248. The van der Waals surface area contributed by atoms with Crippen LogP contribution in [-0.2, 0) is 21.0 Å². The van der Waals surface area contributed by atoms with Crippen LogP contribution in [0.3, 0.4) is 0 Å². The van der Waals surface area contributed by atoms with Crippen molar-refractivity contribution >= 4 is 0 Å². The van der Waals surface area contributed by atoms with Gasteiger partial charge in [0.2, 0.25) is 0 Å². The van der Waals surface area contributed by atoms with Crippen LogP contribution in [0.5, 0.6) is 0 Å². The van der Waals surface area contributed by atoms with Gasteiger partial charge >= 0.3 is 0 Å². The van der Waals surface area contributed by atoms with Crippen molar-refractivity contribution in [2.75, 3.05) is 0 Å². The van der Waals surface area contributed by atoms with E-state index >= 15 is 0 Å². The summed E-state index contributed by atoms with van der Waals surface area (Å²) < 4.78 is 6.23. The second-order valence-electron chi connectivity index (χ2n) is 10.9. The molecule has 1 rings (SSSR count). The monoisotopic (exact) mass is 370 g/mol. The van der Waals surface area contributed by atoms with Crippen molar-refractivity contribution in [3.63, 3.8) is 0 Å². The minimum Gasteiger partial charge on any atom is -0.493 e. The van der Waals surface area contributed by atoms with Gasteiger partial charge in [0.1, 0.15) is 6.10 Å². The summed E-state index contributed by atoms with van der Waals surface area (Å²) in [5.41, 5.74) is 6.87. The number of hydrogen-bond donors (Lipinski definition) is 0. The fraction of sp³-hybridized carbons (Fsp3) is 0.615. The van der Waals surface area contributed by atoms with Gasteiger partial charge in [0, 0.05) is 0 Å². The molecule has 0 bridgehead atoms. The fourth-order valence-corrected chi connectivity index (χ4v) is 3.34. The zero-order valence-corrected chi connectivity index (χ0v) is 19.9. The average Bonchev–Trinajstić information content (AvgIpc) is 2.49. The maximum Gasteiger partial charge on any atom is 0.121 e. The molecule has 0 aliphatic rings. The van der Waals surface area contributed by atoms with Crippen LogP contribution in [0.2, 0.25) is 0 Å². The summed E-state index contributed by atoms with van der Waals surface area (Å²) in [6, 6.07) is 4.82. The summed E-state index contributed by atoms with van der Waals surface area (Å²) >= 11 is 0. The molecule has 0 spiro atoms. The molecule has 1 nitrogen and oxygen atoms in total. The SMILES string of the molecule is C/C=C/C(C)=C/O[C@H](C)c1c(C(C)(C)C)cc(C(C)(C)C)cc1C(C)(C)C. The van der Waals surface area contributed by atoms with E-state index in [2.05, 4.69) is 94.4 Å². The summed E-state index contributed by atoms with van der Waals surface area (Å²) in [5.74, 6) is 0. The van der Waals surface area contributed by atoms with Gasteiger partial charge in [-0.1, -0.05) is 86.6 Å². The van der Waals surface area contributed by atoms with Crippen molar-refractivity contribution in [1.82, 2.24) is 0 Å². The third-order valence-electron chi connectivity index (χ3n) is 4.96. The molecule has 0 aliphatic carbocycles. The summed E-state index contributed by atoms with van der Waals surface area (Å²) in [4.78, 5) is 0. The Morgan fingerprint density at radius 1 is 0.852 bits per heavy atom. The second-order valence-corrected chi connectivity index (χ2v) is 10.9. The molecular weight excluding hydrogens is 328 g/mol. The highest BCUT2D eigenvalue weighted by Crippen LogP contribution is 2.41. The van der Waals surface area contributed by atoms with Crippen molar-refractivity contribution in [1.29, 1.82) is 0 Å². The van der Waals surface area contributed by atoms with Crippen LogP contribution in [0, 0.1) is 0 Å². The first-order valence-electron chi connectivity index (χ1n) is 10.2. The summed E-state index contributed by atoms with van der Waals surface area (Å²) in [7, 11) is 0. The molecule has 0 radical (unpaired) electrons. The molecule has 1 atom stereocenters. The van der Waals surface area contributed by atoms with Crippen LogP contribution in [0.1, 0.15) is 111 Å². The van der Waals surface area contributed by atoms with Gasteiger partial charge in [0.05, 0.1) is 6.26 Å². The Hall–Kier alpha value is -1.50. The third kappa shape index (κ3) is 6.26. The zero-order valence-electron chi connectivity index (χ0n) is 19.9. The van der Waals surface area contributed by atoms with Gasteiger partial charge in [-0.2, -0.15) is 0 Å². The van der Waals surface area contributed by atoms with Crippen molar-refractivity contribution < 1.29 is 4.74 Å². The van der Waals surface area contributed by atoms with E-state index < -0.39 is 0 Å². The van der Waals surface area contributed by atoms with E-state index in [9.17, 15) is 0 Å². The van der Waals surface area contributed by atoms with E-state index in [-0.39, 0.29) is 22.3 Å². The van der Waals surface area contributed by atoms with E-state index in [1.165, 1.54) is 22.3 Å². The molecule has 1 heteroatoms. The van der Waals surface area contributed by atoms with Crippen molar-refractivity contribution in [2.45, 2.75) is 105 Å². The third-order valence-corrected chi connectivity index (χ3v) is 4.96. The van der Waals surface area contributed by atoms with Gasteiger partial charge in [-0.05, 0) is 64.8 Å². The molecule has 152 valence electrons. The molecular formula is C26H42O. The maximum absolute atomic E-state index is 6.23. The normalized spacial score (nSPS) is 15.3. The minimum absolute atomic E-state index is 0.00248. The highest BCUT2D eigenvalue weighted by atomic mass is 16.5. The second kappa shape index (κ2) is 8.25. The summed E-state index contributed by atoms with van der Waals surface area (Å²) in [6.45, 7) is 27.0. The van der Waals surface area contributed by atoms with Gasteiger partial charge in [0.15, 0.2) is 0 Å². The standard InChI is InChI=1S/C26H42O/c1-13-14-18(2)17-27-19(3)23-21(25(7,8)9)15-20(24(4,5)6)16-22(23)26(10,11)12/h13-17,19H,1-12H3/b14-13+,18-17+/t19-/m1/s1. The first-order chi connectivity index (χ1) is 12.1. The van der Waals surface area contributed by atoms with Gasteiger partial charge in [-0.25, -0.2) is 0 Å². The molecule has 0 aromatic heterocycles. The Bertz CT molecular complexity index is 662. The van der Waals surface area contributed by atoms with E-state index in [1.807, 2.05) is 19.3 Å². The van der Waals surface area contributed by atoms with Crippen LogP contribution < -0.4 is 0 Å². The number of ether oxygens (including phenoxy) is 1. The Balaban J connectivity index is 3.71. The number of rotatable bonds is 4. The van der Waals surface area contributed by atoms with E-state index in [0.29, 0.717) is 0 Å². The lowest BCUT2D eigenvalue weighted by Gasteiger charge is -2.35. The number of hydrogen-bond acceptors (Lipinski definition) is 1. The average molecular weight is 371 g/mol. The predicted molar refractivity (Wildman–Crippen MR) is 121 cm³/mol. The molecule has 1 aromatic rings. The highest BCUT2D eigenvalue weighted by Gasteiger charge is 2.31. The van der Waals surface area contributed by atoms with Gasteiger partial charge in [0.25, 0.3) is 0 Å². The summed E-state index contributed by atoms with van der Waals surface area (Å²) in [5, 5.41) is 0. The molecule has 0 saturated heterocycles. The molecule has 0 fully saturated rings.